The zero-order valence-corrected chi connectivity index (χ0v) is 23.1. The lowest BCUT2D eigenvalue weighted by molar-refractivity contribution is 0.0949. The van der Waals surface area contributed by atoms with Crippen LogP contribution in [0.4, 0.5) is 18.9 Å². The summed E-state index contributed by atoms with van der Waals surface area (Å²) in [6, 6.07) is 4.82. The Labute approximate surface area is 232 Å². The molecule has 212 valence electrons. The fourth-order valence-electron chi connectivity index (χ4n) is 3.93. The van der Waals surface area contributed by atoms with Crippen LogP contribution in [0, 0.1) is 17.5 Å². The summed E-state index contributed by atoms with van der Waals surface area (Å²) >= 11 is 5.85. The van der Waals surface area contributed by atoms with E-state index in [0.29, 0.717) is 25.1 Å². The van der Waals surface area contributed by atoms with E-state index in [9.17, 15) is 17.6 Å². The first-order chi connectivity index (χ1) is 18.9. The summed E-state index contributed by atoms with van der Waals surface area (Å²) in [5.74, 6) is -4.19. The van der Waals surface area contributed by atoms with E-state index in [2.05, 4.69) is 20.5 Å². The molecular formula is C25H24ClF3N6O4S. The number of benzene rings is 2. The van der Waals surface area contributed by atoms with E-state index in [4.69, 9.17) is 16.3 Å². The van der Waals surface area contributed by atoms with Crippen molar-refractivity contribution < 1.29 is 31.1 Å². The van der Waals surface area contributed by atoms with Crippen molar-refractivity contribution in [3.63, 3.8) is 0 Å². The highest BCUT2D eigenvalue weighted by Crippen LogP contribution is 2.35. The molecule has 0 bridgehead atoms. The third-order valence-electron chi connectivity index (χ3n) is 5.80. The molecule has 0 fully saturated rings. The van der Waals surface area contributed by atoms with Gasteiger partial charge in [0.1, 0.15) is 17.0 Å². The molecule has 4 aromatic rings. The molecular weight excluding hydrogens is 573 g/mol. The Balaban J connectivity index is 1.68. The summed E-state index contributed by atoms with van der Waals surface area (Å²) in [4.78, 5) is 17.8. The molecule has 0 atom stereocenters. The van der Waals surface area contributed by atoms with Crippen molar-refractivity contribution in [2.45, 2.75) is 11.3 Å². The number of carbonyl (C=O) groups is 1. The van der Waals surface area contributed by atoms with Gasteiger partial charge in [-0.2, -0.15) is 5.10 Å². The van der Waals surface area contributed by atoms with Crippen molar-refractivity contribution in [1.29, 1.82) is 0 Å². The van der Waals surface area contributed by atoms with Gasteiger partial charge < -0.3 is 15.0 Å². The lowest BCUT2D eigenvalue weighted by atomic mass is 10.0. The summed E-state index contributed by atoms with van der Waals surface area (Å²) in [5, 5.41) is 9.14. The molecule has 2 aromatic heterocycles. The normalized spacial score (nSPS) is 11.7. The topological polar surface area (TPSA) is 129 Å². The second kappa shape index (κ2) is 11.7. The fourth-order valence-corrected chi connectivity index (χ4v) is 5.35. The van der Waals surface area contributed by atoms with E-state index in [1.807, 2.05) is 23.7 Å². The number of nitrogens with zero attached hydrogens (tertiary/aromatic N) is 3. The number of hydrogen-bond acceptors (Lipinski definition) is 7. The van der Waals surface area contributed by atoms with Crippen LogP contribution in [0.15, 0.2) is 41.4 Å². The van der Waals surface area contributed by atoms with Gasteiger partial charge in [-0.1, -0.05) is 17.7 Å². The maximum Gasteiger partial charge on any atom is 0.269 e. The summed E-state index contributed by atoms with van der Waals surface area (Å²) in [7, 11) is 0.403. The van der Waals surface area contributed by atoms with Gasteiger partial charge >= 0.3 is 0 Å². The Hall–Kier alpha value is -3.88. The van der Waals surface area contributed by atoms with Crippen LogP contribution in [-0.4, -0.2) is 68.7 Å². The van der Waals surface area contributed by atoms with Crippen LogP contribution in [0.3, 0.4) is 0 Å². The maximum absolute atomic E-state index is 15.6. The van der Waals surface area contributed by atoms with Crippen LogP contribution in [0.5, 0.6) is 5.88 Å². The number of sulfonamides is 1. The van der Waals surface area contributed by atoms with Crippen molar-refractivity contribution in [2.75, 3.05) is 39.0 Å². The number of anilines is 1. The van der Waals surface area contributed by atoms with Crippen LogP contribution in [-0.2, 0) is 10.0 Å². The zero-order chi connectivity index (χ0) is 29.2. The van der Waals surface area contributed by atoms with E-state index in [-0.39, 0.29) is 27.5 Å². The number of rotatable bonds is 10. The highest BCUT2D eigenvalue weighted by atomic mass is 35.5. The van der Waals surface area contributed by atoms with Crippen molar-refractivity contribution in [2.24, 2.45) is 0 Å². The number of carbonyl (C=O) groups excluding carboxylic acids is 1. The zero-order valence-electron chi connectivity index (χ0n) is 21.5. The molecule has 15 heteroatoms. The molecule has 0 aliphatic heterocycles. The lowest BCUT2D eigenvalue weighted by Crippen LogP contribution is -2.27. The predicted molar refractivity (Wildman–Crippen MR) is 144 cm³/mol. The number of halogens is 4. The Morgan fingerprint density at radius 1 is 1.12 bits per heavy atom. The monoisotopic (exact) mass is 596 g/mol. The van der Waals surface area contributed by atoms with Crippen LogP contribution in [0.1, 0.15) is 16.9 Å². The molecule has 1 amide bonds. The molecule has 0 saturated heterocycles. The molecule has 10 nitrogen and oxygen atoms in total. The fraction of sp³-hybridized carbons (Fsp3) is 0.240. The molecule has 0 saturated carbocycles. The van der Waals surface area contributed by atoms with Crippen molar-refractivity contribution in [3.05, 3.63) is 64.7 Å². The second-order valence-electron chi connectivity index (χ2n) is 8.92. The molecule has 3 N–H and O–H groups in total. The molecule has 0 radical (unpaired) electrons. The predicted octanol–water partition coefficient (Wildman–Crippen LogP) is 4.19. The summed E-state index contributed by atoms with van der Waals surface area (Å²) in [6.07, 6.45) is 1.84. The number of ether oxygens (including phenoxy) is 1. The number of hydrogen-bond donors (Lipinski definition) is 3. The molecule has 2 aromatic carbocycles. The van der Waals surface area contributed by atoms with Gasteiger partial charge in [-0.25, -0.2) is 26.6 Å². The quantitative estimate of drug-likeness (QED) is 0.234. The van der Waals surface area contributed by atoms with E-state index < -0.39 is 55.1 Å². The third kappa shape index (κ3) is 5.98. The van der Waals surface area contributed by atoms with Gasteiger partial charge in [-0.15, -0.1) is 0 Å². The first-order valence-electron chi connectivity index (χ1n) is 11.7. The minimum Gasteiger partial charge on any atom is -0.480 e. The van der Waals surface area contributed by atoms with Crippen LogP contribution >= 0.6 is 11.6 Å². The maximum atomic E-state index is 15.6. The first-order valence-corrected chi connectivity index (χ1v) is 13.6. The molecule has 0 spiro atoms. The summed E-state index contributed by atoms with van der Waals surface area (Å²) in [6.45, 7) is 1.13. The number of aromatic amines is 1. The Kier molecular flexibility index (Phi) is 8.51. The van der Waals surface area contributed by atoms with E-state index in [1.54, 1.807) is 0 Å². The highest BCUT2D eigenvalue weighted by Gasteiger charge is 2.26. The minimum absolute atomic E-state index is 0.00236. The Morgan fingerprint density at radius 3 is 2.58 bits per heavy atom. The number of aromatic nitrogens is 3. The molecule has 0 unspecified atom stereocenters. The van der Waals surface area contributed by atoms with Gasteiger partial charge in [0.25, 0.3) is 15.9 Å². The molecule has 2 heterocycles. The second-order valence-corrected chi connectivity index (χ2v) is 11.0. The first kappa shape index (κ1) is 29.1. The number of amides is 1. The summed E-state index contributed by atoms with van der Waals surface area (Å²) in [5.41, 5.74) is -2.06. The minimum atomic E-state index is -4.57. The van der Waals surface area contributed by atoms with E-state index >= 15 is 8.78 Å². The summed E-state index contributed by atoms with van der Waals surface area (Å²) < 4.78 is 78.5. The number of H-pyrrole nitrogens is 1. The number of pyridine rings is 1. The number of methoxy groups -OCH3 is 1. The van der Waals surface area contributed by atoms with E-state index in [0.717, 1.165) is 24.9 Å². The van der Waals surface area contributed by atoms with Gasteiger partial charge in [0.2, 0.25) is 5.88 Å². The van der Waals surface area contributed by atoms with Crippen LogP contribution in [0.2, 0.25) is 5.02 Å². The smallest absolute Gasteiger partial charge is 0.269 e. The third-order valence-corrected chi connectivity index (χ3v) is 7.37. The van der Waals surface area contributed by atoms with Gasteiger partial charge in [-0.3, -0.25) is 14.6 Å². The lowest BCUT2D eigenvalue weighted by Gasteiger charge is -2.14. The van der Waals surface area contributed by atoms with Gasteiger partial charge in [-0.05, 0) is 45.3 Å². The van der Waals surface area contributed by atoms with Crippen molar-refractivity contribution >= 4 is 44.1 Å². The van der Waals surface area contributed by atoms with E-state index in [1.165, 1.54) is 13.2 Å². The number of fused-ring (bicyclic) bond motifs is 1. The van der Waals surface area contributed by atoms with Crippen molar-refractivity contribution in [3.8, 4) is 17.0 Å². The molecule has 0 aliphatic carbocycles. The van der Waals surface area contributed by atoms with Gasteiger partial charge in [0, 0.05) is 35.3 Å². The Morgan fingerprint density at radius 2 is 1.88 bits per heavy atom. The average Bonchev–Trinajstić information content (AvgIpc) is 3.34. The van der Waals surface area contributed by atoms with Gasteiger partial charge in [0.15, 0.2) is 16.5 Å². The van der Waals surface area contributed by atoms with Crippen LogP contribution < -0.4 is 14.8 Å². The number of nitrogens with one attached hydrogen (secondary N) is 3. The standard InChI is InChI=1S/C25H24ClF3N6O4S/c1-35(2)8-4-7-30-24(36)23-16-6-5-15(21(29)22(16)32-33-23)17-10-14(27)11-18(20(17)28)34-40(37,38)19-9-13(26)12-31-25(19)39-3/h5-6,9-12,34H,4,7-8H2,1-3H3,(H,30,36)(H,32,33). The van der Waals surface area contributed by atoms with Gasteiger partial charge in [0.05, 0.1) is 17.8 Å². The average molecular weight is 597 g/mol. The molecule has 4 rings (SSSR count). The van der Waals surface area contributed by atoms with Crippen molar-refractivity contribution in [1.82, 2.24) is 25.4 Å². The SMILES string of the molecule is COc1ncc(Cl)cc1S(=O)(=O)Nc1cc(F)cc(-c2ccc3c(C(=O)NCCCN(C)C)[nH]nc3c2F)c1F. The Bertz CT molecular complexity index is 1700. The molecule has 0 aliphatic rings. The highest BCUT2D eigenvalue weighted by molar-refractivity contribution is 7.92. The molecule has 40 heavy (non-hydrogen) atoms. The largest absolute Gasteiger partial charge is 0.480 e. The van der Waals surface area contributed by atoms with Crippen LogP contribution in [0.25, 0.3) is 22.0 Å².